The summed E-state index contributed by atoms with van der Waals surface area (Å²) in [6.07, 6.45) is 0. The Kier molecular flexibility index (Phi) is 3.22. The van der Waals surface area contributed by atoms with Gasteiger partial charge in [0.05, 0.1) is 5.54 Å². The molecule has 0 aromatic heterocycles. The van der Waals surface area contributed by atoms with Crippen molar-refractivity contribution in [2.45, 2.75) is 19.4 Å². The van der Waals surface area contributed by atoms with Gasteiger partial charge in [-0.3, -0.25) is 4.90 Å². The summed E-state index contributed by atoms with van der Waals surface area (Å²) in [7, 11) is 0. The van der Waals surface area contributed by atoms with E-state index in [1.54, 1.807) is 0 Å². The van der Waals surface area contributed by atoms with Crippen molar-refractivity contribution in [2.24, 2.45) is 5.73 Å². The van der Waals surface area contributed by atoms with E-state index in [2.05, 4.69) is 18.7 Å². The maximum absolute atomic E-state index is 5.77. The number of rotatable bonds is 4. The van der Waals surface area contributed by atoms with Gasteiger partial charge in [-0.25, -0.2) is 0 Å². The Hall–Kier alpha value is 0.270. The summed E-state index contributed by atoms with van der Waals surface area (Å²) in [5, 5.41) is 0. The summed E-state index contributed by atoms with van der Waals surface area (Å²) < 4.78 is 0. The standard InChI is InChI=1S/C8H18N2S/c1-3-10(4-2)8(5-9)6-11-7-8/h3-7,9H2,1-2H3. The highest BCUT2D eigenvalue weighted by molar-refractivity contribution is 8.00. The van der Waals surface area contributed by atoms with Gasteiger partial charge in [-0.05, 0) is 13.1 Å². The van der Waals surface area contributed by atoms with E-state index < -0.39 is 0 Å². The van der Waals surface area contributed by atoms with Crippen LogP contribution in [0.3, 0.4) is 0 Å². The zero-order valence-electron chi connectivity index (χ0n) is 7.47. The van der Waals surface area contributed by atoms with Crippen molar-refractivity contribution >= 4 is 11.8 Å². The molecular weight excluding hydrogens is 156 g/mol. The molecule has 2 nitrogen and oxygen atoms in total. The lowest BCUT2D eigenvalue weighted by Crippen LogP contribution is -2.62. The third kappa shape index (κ3) is 1.55. The highest BCUT2D eigenvalue weighted by Gasteiger charge is 2.40. The number of likely N-dealkylation sites (N-methyl/N-ethyl adjacent to an activating group) is 1. The Bertz CT molecular complexity index is 114. The van der Waals surface area contributed by atoms with Gasteiger partial charge in [-0.15, -0.1) is 0 Å². The molecule has 1 rings (SSSR count). The van der Waals surface area contributed by atoms with Crippen molar-refractivity contribution < 1.29 is 0 Å². The molecular formula is C8H18N2S. The lowest BCUT2D eigenvalue weighted by molar-refractivity contribution is 0.141. The number of hydrogen-bond acceptors (Lipinski definition) is 3. The van der Waals surface area contributed by atoms with Gasteiger partial charge < -0.3 is 5.73 Å². The van der Waals surface area contributed by atoms with E-state index in [0.29, 0.717) is 5.54 Å². The molecule has 0 bridgehead atoms. The Balaban J connectivity index is 2.51. The molecule has 1 saturated heterocycles. The molecule has 3 heteroatoms. The van der Waals surface area contributed by atoms with Crippen molar-refractivity contribution in [3.05, 3.63) is 0 Å². The summed E-state index contributed by atoms with van der Waals surface area (Å²) in [5.41, 5.74) is 6.12. The second kappa shape index (κ2) is 3.78. The maximum Gasteiger partial charge on any atom is 0.0511 e. The SMILES string of the molecule is CCN(CC)C1(CN)CSC1. The smallest absolute Gasteiger partial charge is 0.0511 e. The van der Waals surface area contributed by atoms with Crippen LogP contribution in [0.15, 0.2) is 0 Å². The second-order valence-electron chi connectivity index (χ2n) is 3.09. The summed E-state index contributed by atoms with van der Waals surface area (Å²) >= 11 is 2.01. The Morgan fingerprint density at radius 3 is 2.00 bits per heavy atom. The molecule has 2 N–H and O–H groups in total. The van der Waals surface area contributed by atoms with Crippen LogP contribution >= 0.6 is 11.8 Å². The molecule has 0 unspecified atom stereocenters. The van der Waals surface area contributed by atoms with Crippen LogP contribution in [-0.4, -0.2) is 41.6 Å². The van der Waals surface area contributed by atoms with Crippen LogP contribution in [0, 0.1) is 0 Å². The van der Waals surface area contributed by atoms with Crippen molar-refractivity contribution in [3.63, 3.8) is 0 Å². The summed E-state index contributed by atoms with van der Waals surface area (Å²) in [4.78, 5) is 2.49. The minimum absolute atomic E-state index is 0.355. The van der Waals surface area contributed by atoms with Crippen LogP contribution in [0.5, 0.6) is 0 Å². The molecule has 0 aromatic rings. The first-order valence-corrected chi connectivity index (χ1v) is 5.47. The second-order valence-corrected chi connectivity index (χ2v) is 4.08. The zero-order chi connectivity index (χ0) is 8.32. The van der Waals surface area contributed by atoms with Gasteiger partial charge >= 0.3 is 0 Å². The van der Waals surface area contributed by atoms with Gasteiger partial charge in [-0.1, -0.05) is 13.8 Å². The maximum atomic E-state index is 5.77. The predicted molar refractivity (Wildman–Crippen MR) is 52.0 cm³/mol. The molecule has 66 valence electrons. The number of hydrogen-bond donors (Lipinski definition) is 1. The van der Waals surface area contributed by atoms with E-state index in [1.807, 2.05) is 11.8 Å². The molecule has 1 aliphatic rings. The van der Waals surface area contributed by atoms with Gasteiger partial charge in [0.15, 0.2) is 0 Å². The Labute approximate surface area is 73.5 Å². The van der Waals surface area contributed by atoms with E-state index in [-0.39, 0.29) is 0 Å². The molecule has 11 heavy (non-hydrogen) atoms. The molecule has 0 spiro atoms. The number of nitrogens with two attached hydrogens (primary N) is 1. The van der Waals surface area contributed by atoms with Crippen molar-refractivity contribution in [2.75, 3.05) is 31.1 Å². The van der Waals surface area contributed by atoms with E-state index in [1.165, 1.54) is 11.5 Å². The fraction of sp³-hybridized carbons (Fsp3) is 1.00. The van der Waals surface area contributed by atoms with Crippen LogP contribution in [0.2, 0.25) is 0 Å². The number of thioether (sulfide) groups is 1. The van der Waals surface area contributed by atoms with Gasteiger partial charge in [-0.2, -0.15) is 11.8 Å². The third-order valence-electron chi connectivity index (χ3n) is 2.56. The van der Waals surface area contributed by atoms with Crippen molar-refractivity contribution in [1.29, 1.82) is 0 Å². The van der Waals surface area contributed by atoms with Crippen LogP contribution in [0.25, 0.3) is 0 Å². The predicted octanol–water partition coefficient (Wildman–Crippen LogP) is 0.773. The van der Waals surface area contributed by atoms with E-state index in [0.717, 1.165) is 19.6 Å². The molecule has 1 fully saturated rings. The topological polar surface area (TPSA) is 29.3 Å². The normalized spacial score (nSPS) is 21.8. The summed E-state index contributed by atoms with van der Waals surface area (Å²) in [5.74, 6) is 2.45. The highest BCUT2D eigenvalue weighted by atomic mass is 32.2. The average Bonchev–Trinajstić information content (AvgIpc) is 1.96. The fourth-order valence-corrected chi connectivity index (χ4v) is 2.94. The molecule has 0 radical (unpaired) electrons. The summed E-state index contributed by atoms with van der Waals surface area (Å²) in [6, 6.07) is 0. The molecule has 0 aromatic carbocycles. The first-order chi connectivity index (χ1) is 5.29. The molecule has 0 saturated carbocycles. The van der Waals surface area contributed by atoms with E-state index in [4.69, 9.17) is 5.73 Å². The largest absolute Gasteiger partial charge is 0.329 e. The molecule has 1 aliphatic heterocycles. The van der Waals surface area contributed by atoms with Gasteiger partial charge in [0, 0.05) is 18.1 Å². The monoisotopic (exact) mass is 174 g/mol. The third-order valence-corrected chi connectivity index (χ3v) is 4.04. The lowest BCUT2D eigenvalue weighted by atomic mass is 10.0. The highest BCUT2D eigenvalue weighted by Crippen LogP contribution is 2.33. The quantitative estimate of drug-likeness (QED) is 0.683. The Morgan fingerprint density at radius 2 is 1.91 bits per heavy atom. The Morgan fingerprint density at radius 1 is 1.36 bits per heavy atom. The first kappa shape index (κ1) is 9.36. The minimum Gasteiger partial charge on any atom is -0.329 e. The van der Waals surface area contributed by atoms with Crippen molar-refractivity contribution in [1.82, 2.24) is 4.90 Å². The van der Waals surface area contributed by atoms with Gasteiger partial charge in [0.1, 0.15) is 0 Å². The summed E-state index contributed by atoms with van der Waals surface area (Å²) in [6.45, 7) is 7.51. The first-order valence-electron chi connectivity index (χ1n) is 4.32. The van der Waals surface area contributed by atoms with Gasteiger partial charge in [0.25, 0.3) is 0 Å². The van der Waals surface area contributed by atoms with Crippen LogP contribution in [0.1, 0.15) is 13.8 Å². The van der Waals surface area contributed by atoms with Crippen molar-refractivity contribution in [3.8, 4) is 0 Å². The van der Waals surface area contributed by atoms with E-state index >= 15 is 0 Å². The molecule has 0 aliphatic carbocycles. The molecule has 1 heterocycles. The minimum atomic E-state index is 0.355. The zero-order valence-corrected chi connectivity index (χ0v) is 8.28. The fourth-order valence-electron chi connectivity index (χ4n) is 1.66. The molecule has 0 atom stereocenters. The lowest BCUT2D eigenvalue weighted by Gasteiger charge is -2.48. The van der Waals surface area contributed by atoms with Crippen LogP contribution in [0.4, 0.5) is 0 Å². The van der Waals surface area contributed by atoms with Crippen LogP contribution < -0.4 is 5.73 Å². The van der Waals surface area contributed by atoms with Gasteiger partial charge in [0.2, 0.25) is 0 Å². The molecule has 0 amide bonds. The number of nitrogens with zero attached hydrogens (tertiary/aromatic N) is 1. The van der Waals surface area contributed by atoms with Crippen LogP contribution in [-0.2, 0) is 0 Å². The average molecular weight is 174 g/mol. The van der Waals surface area contributed by atoms with E-state index in [9.17, 15) is 0 Å².